The van der Waals surface area contributed by atoms with E-state index in [-0.39, 0.29) is 17.4 Å². The maximum Gasteiger partial charge on any atom is 0.258 e. The van der Waals surface area contributed by atoms with Crippen molar-refractivity contribution in [1.29, 1.82) is 0 Å². The summed E-state index contributed by atoms with van der Waals surface area (Å²) >= 11 is 0. The standard InChI is InChI=1S/C17H14F2N2O2/c18-11-3-8-15(19)14(9-11)17(23)21-13-6-4-12(5-7-13)20-16(22)10-1-2-10/h3-10H,1-2H2,(H,20,22)(H,21,23). The molecule has 4 nitrogen and oxygen atoms in total. The maximum atomic E-state index is 13.5. The summed E-state index contributed by atoms with van der Waals surface area (Å²) in [4.78, 5) is 23.6. The lowest BCUT2D eigenvalue weighted by Gasteiger charge is -2.08. The van der Waals surface area contributed by atoms with Crippen molar-refractivity contribution in [1.82, 2.24) is 0 Å². The third kappa shape index (κ3) is 3.71. The monoisotopic (exact) mass is 316 g/mol. The number of hydrogen-bond acceptors (Lipinski definition) is 2. The average Bonchev–Trinajstić information content (AvgIpc) is 3.36. The lowest BCUT2D eigenvalue weighted by Crippen LogP contribution is -2.15. The highest BCUT2D eigenvalue weighted by Crippen LogP contribution is 2.30. The molecule has 0 spiro atoms. The van der Waals surface area contributed by atoms with Crippen LogP contribution in [0.1, 0.15) is 23.2 Å². The highest BCUT2D eigenvalue weighted by molar-refractivity contribution is 6.04. The van der Waals surface area contributed by atoms with E-state index in [0.29, 0.717) is 11.4 Å². The number of rotatable bonds is 4. The van der Waals surface area contributed by atoms with Crippen molar-refractivity contribution in [2.24, 2.45) is 5.92 Å². The summed E-state index contributed by atoms with van der Waals surface area (Å²) in [6, 6.07) is 9.13. The van der Waals surface area contributed by atoms with Crippen LogP contribution in [-0.2, 0) is 4.79 Å². The molecular weight excluding hydrogens is 302 g/mol. The number of anilines is 2. The zero-order valence-electron chi connectivity index (χ0n) is 12.1. The fourth-order valence-electron chi connectivity index (χ4n) is 2.10. The molecule has 1 aliphatic carbocycles. The van der Waals surface area contributed by atoms with E-state index < -0.39 is 17.5 Å². The van der Waals surface area contributed by atoms with Crippen LogP contribution in [0.3, 0.4) is 0 Å². The Morgan fingerprint density at radius 1 is 0.913 bits per heavy atom. The smallest absolute Gasteiger partial charge is 0.258 e. The molecular formula is C17H14F2N2O2. The van der Waals surface area contributed by atoms with Gasteiger partial charge >= 0.3 is 0 Å². The number of hydrogen-bond donors (Lipinski definition) is 2. The molecule has 1 fully saturated rings. The molecule has 0 aliphatic heterocycles. The predicted octanol–water partition coefficient (Wildman–Crippen LogP) is 3.57. The Kier molecular flexibility index (Phi) is 4.06. The largest absolute Gasteiger partial charge is 0.326 e. The van der Waals surface area contributed by atoms with E-state index in [2.05, 4.69) is 10.6 Å². The summed E-state index contributed by atoms with van der Waals surface area (Å²) in [5, 5.41) is 5.26. The Labute approximate surface area is 131 Å². The molecule has 3 rings (SSSR count). The van der Waals surface area contributed by atoms with Crippen LogP contribution in [0.15, 0.2) is 42.5 Å². The maximum absolute atomic E-state index is 13.5. The number of amides is 2. The van der Waals surface area contributed by atoms with Crippen LogP contribution in [0.4, 0.5) is 20.2 Å². The number of carbonyl (C=O) groups is 2. The number of nitrogens with one attached hydrogen (secondary N) is 2. The summed E-state index contributed by atoms with van der Waals surface area (Å²) in [5.41, 5.74) is 0.677. The van der Waals surface area contributed by atoms with Gasteiger partial charge in [0, 0.05) is 17.3 Å². The van der Waals surface area contributed by atoms with Crippen LogP contribution in [0, 0.1) is 17.6 Å². The van der Waals surface area contributed by atoms with Gasteiger partial charge in [-0.1, -0.05) is 0 Å². The van der Waals surface area contributed by atoms with Crippen LogP contribution in [0.5, 0.6) is 0 Å². The van der Waals surface area contributed by atoms with Gasteiger partial charge < -0.3 is 10.6 Å². The summed E-state index contributed by atoms with van der Waals surface area (Å²) in [5.74, 6) is -2.13. The Morgan fingerprint density at radius 3 is 2.13 bits per heavy atom. The normalized spacial score (nSPS) is 13.5. The molecule has 1 aliphatic rings. The minimum absolute atomic E-state index is 0.0105. The Bertz CT molecular complexity index is 756. The van der Waals surface area contributed by atoms with Crippen molar-refractivity contribution in [3.63, 3.8) is 0 Å². The topological polar surface area (TPSA) is 58.2 Å². The second-order valence-corrected chi connectivity index (χ2v) is 5.42. The van der Waals surface area contributed by atoms with E-state index in [0.717, 1.165) is 31.0 Å². The fraction of sp³-hybridized carbons (Fsp3) is 0.176. The number of halogens is 2. The van der Waals surface area contributed by atoms with Crippen LogP contribution in [-0.4, -0.2) is 11.8 Å². The lowest BCUT2D eigenvalue weighted by molar-refractivity contribution is -0.117. The van der Waals surface area contributed by atoms with Gasteiger partial charge in [-0.3, -0.25) is 9.59 Å². The van der Waals surface area contributed by atoms with Crippen molar-refractivity contribution >= 4 is 23.2 Å². The van der Waals surface area contributed by atoms with Gasteiger partial charge in [-0.2, -0.15) is 0 Å². The van der Waals surface area contributed by atoms with Crippen molar-refractivity contribution in [3.8, 4) is 0 Å². The van der Waals surface area contributed by atoms with Crippen molar-refractivity contribution in [2.45, 2.75) is 12.8 Å². The minimum atomic E-state index is -0.794. The van der Waals surface area contributed by atoms with E-state index in [4.69, 9.17) is 0 Å². The summed E-state index contributed by atoms with van der Waals surface area (Å²) in [6.45, 7) is 0. The van der Waals surface area contributed by atoms with Gasteiger partial charge in [0.1, 0.15) is 11.6 Å². The van der Waals surface area contributed by atoms with Gasteiger partial charge in [0.25, 0.3) is 5.91 Å². The van der Waals surface area contributed by atoms with Crippen molar-refractivity contribution in [3.05, 3.63) is 59.7 Å². The highest BCUT2D eigenvalue weighted by Gasteiger charge is 2.29. The summed E-state index contributed by atoms with van der Waals surface area (Å²) in [7, 11) is 0. The first-order chi connectivity index (χ1) is 11.0. The van der Waals surface area contributed by atoms with Crippen molar-refractivity contribution in [2.75, 3.05) is 10.6 Å². The molecule has 2 amide bonds. The van der Waals surface area contributed by atoms with Gasteiger partial charge in [0.15, 0.2) is 0 Å². The molecule has 1 saturated carbocycles. The van der Waals surface area contributed by atoms with Crippen LogP contribution in [0.2, 0.25) is 0 Å². The zero-order valence-corrected chi connectivity index (χ0v) is 12.1. The van der Waals surface area contributed by atoms with Gasteiger partial charge in [-0.25, -0.2) is 8.78 Å². The molecule has 2 aromatic carbocycles. The third-order valence-corrected chi connectivity index (χ3v) is 3.53. The van der Waals surface area contributed by atoms with Gasteiger partial charge in [0.2, 0.25) is 5.91 Å². The first-order valence-electron chi connectivity index (χ1n) is 7.20. The quantitative estimate of drug-likeness (QED) is 0.906. The average molecular weight is 316 g/mol. The van der Waals surface area contributed by atoms with E-state index in [1.807, 2.05) is 0 Å². The molecule has 0 bridgehead atoms. The Balaban J connectivity index is 1.66. The Hall–Kier alpha value is -2.76. The minimum Gasteiger partial charge on any atom is -0.326 e. The van der Waals surface area contributed by atoms with Gasteiger partial charge in [-0.15, -0.1) is 0 Å². The first kappa shape index (κ1) is 15.1. The van der Waals surface area contributed by atoms with Gasteiger partial charge in [-0.05, 0) is 55.3 Å². The Morgan fingerprint density at radius 2 is 1.52 bits per heavy atom. The van der Waals surface area contributed by atoms with Crippen LogP contribution in [0.25, 0.3) is 0 Å². The molecule has 0 heterocycles. The van der Waals surface area contributed by atoms with E-state index >= 15 is 0 Å². The van der Waals surface area contributed by atoms with E-state index in [1.54, 1.807) is 24.3 Å². The lowest BCUT2D eigenvalue weighted by atomic mass is 10.2. The molecule has 0 radical (unpaired) electrons. The first-order valence-corrected chi connectivity index (χ1v) is 7.20. The number of carbonyl (C=O) groups excluding carboxylic acids is 2. The molecule has 2 aromatic rings. The second kappa shape index (κ2) is 6.16. The van der Waals surface area contributed by atoms with Crippen molar-refractivity contribution < 1.29 is 18.4 Å². The molecule has 118 valence electrons. The molecule has 6 heteroatoms. The summed E-state index contributed by atoms with van der Waals surface area (Å²) < 4.78 is 26.6. The molecule has 0 atom stereocenters. The third-order valence-electron chi connectivity index (χ3n) is 3.53. The zero-order chi connectivity index (χ0) is 16.4. The SMILES string of the molecule is O=C(Nc1ccc(NC(=O)C2CC2)cc1)c1cc(F)ccc1F. The van der Waals surface area contributed by atoms with E-state index in [9.17, 15) is 18.4 Å². The van der Waals surface area contributed by atoms with Crippen LogP contribution >= 0.6 is 0 Å². The predicted molar refractivity (Wildman–Crippen MR) is 82.1 cm³/mol. The van der Waals surface area contributed by atoms with Gasteiger partial charge in [0.05, 0.1) is 5.56 Å². The molecule has 2 N–H and O–H groups in total. The highest BCUT2D eigenvalue weighted by atomic mass is 19.1. The second-order valence-electron chi connectivity index (χ2n) is 5.42. The number of benzene rings is 2. The molecule has 23 heavy (non-hydrogen) atoms. The summed E-state index contributed by atoms with van der Waals surface area (Å²) in [6.07, 6.45) is 1.83. The molecule has 0 aromatic heterocycles. The molecule has 0 unspecified atom stereocenters. The van der Waals surface area contributed by atoms with Crippen LogP contribution < -0.4 is 10.6 Å². The fourth-order valence-corrected chi connectivity index (χ4v) is 2.10. The van der Waals surface area contributed by atoms with E-state index in [1.165, 1.54) is 0 Å². The molecule has 0 saturated heterocycles.